The fraction of sp³-hybridized carbons (Fsp3) is 0. The summed E-state index contributed by atoms with van der Waals surface area (Å²) >= 11 is 0. The van der Waals surface area contributed by atoms with Crippen molar-refractivity contribution in [3.63, 3.8) is 0 Å². The van der Waals surface area contributed by atoms with Gasteiger partial charge in [-0.05, 0) is 18.2 Å². The molecule has 0 amide bonds. The van der Waals surface area contributed by atoms with E-state index >= 15 is 0 Å². The zero-order valence-electron chi connectivity index (χ0n) is 9.67. The number of rotatable bonds is 4. The summed E-state index contributed by atoms with van der Waals surface area (Å²) in [7, 11) is -4.14. The minimum absolute atomic E-state index is 0.0770. The summed E-state index contributed by atoms with van der Waals surface area (Å²) in [5, 5.41) is 10.9. The molecule has 0 saturated heterocycles. The Morgan fingerprint density at radius 3 is 2.26 bits per heavy atom. The third-order valence-electron chi connectivity index (χ3n) is 2.37. The molecule has 0 bridgehead atoms. The topological polar surface area (TPSA) is 89.7 Å². The van der Waals surface area contributed by atoms with Crippen molar-refractivity contribution in [3.8, 4) is 5.75 Å². The van der Waals surface area contributed by atoms with Gasteiger partial charge in [0.05, 0.1) is 10.2 Å². The summed E-state index contributed by atoms with van der Waals surface area (Å²) in [5.74, 6) is -0.234. The van der Waals surface area contributed by atoms with Crippen LogP contribution in [0, 0.1) is 10.1 Å². The molecule has 0 fully saturated rings. The van der Waals surface area contributed by atoms with Crippen LogP contribution < -0.4 is 9.83 Å². The highest BCUT2D eigenvalue weighted by Gasteiger charge is 2.27. The van der Waals surface area contributed by atoms with Gasteiger partial charge in [0.2, 0.25) is 5.75 Å². The molecule has 2 rings (SSSR count). The van der Waals surface area contributed by atoms with E-state index in [4.69, 9.17) is 4.52 Å². The van der Waals surface area contributed by atoms with Crippen LogP contribution in [0.25, 0.3) is 0 Å². The summed E-state index contributed by atoms with van der Waals surface area (Å²) in [5.41, 5.74) is -0.354. The lowest BCUT2D eigenvalue weighted by atomic mass is 10.3. The standard InChI is InChI=1S/C12H10NO5P/c14-13(15)11-8-4-5-9-12(11)18-19(16,17)10-6-2-1-3-7-10/h1-9H,(H,16,17). The van der Waals surface area contributed by atoms with Crippen molar-refractivity contribution < 1.29 is 18.9 Å². The molecule has 0 saturated carbocycles. The van der Waals surface area contributed by atoms with Crippen molar-refractivity contribution in [2.75, 3.05) is 0 Å². The average Bonchev–Trinajstić information content (AvgIpc) is 2.39. The van der Waals surface area contributed by atoms with Crippen LogP contribution in [0.3, 0.4) is 0 Å². The molecule has 0 radical (unpaired) electrons. The van der Waals surface area contributed by atoms with Gasteiger partial charge in [-0.15, -0.1) is 0 Å². The lowest BCUT2D eigenvalue weighted by molar-refractivity contribution is -0.385. The van der Waals surface area contributed by atoms with Crippen molar-refractivity contribution in [1.82, 2.24) is 0 Å². The first kappa shape index (κ1) is 13.3. The van der Waals surface area contributed by atoms with Crippen molar-refractivity contribution in [2.45, 2.75) is 0 Å². The molecule has 0 aromatic heterocycles. The number of hydrogen-bond acceptors (Lipinski definition) is 4. The predicted molar refractivity (Wildman–Crippen MR) is 69.6 cm³/mol. The van der Waals surface area contributed by atoms with Gasteiger partial charge in [0, 0.05) is 6.07 Å². The second kappa shape index (κ2) is 5.22. The molecular weight excluding hydrogens is 269 g/mol. The molecule has 1 unspecified atom stereocenters. The summed E-state index contributed by atoms with van der Waals surface area (Å²) in [6, 6.07) is 13.1. The van der Waals surface area contributed by atoms with E-state index in [0.29, 0.717) is 0 Å². The molecule has 2 aromatic carbocycles. The Labute approximate surface area is 109 Å². The molecule has 2 aromatic rings. The third-order valence-corrected chi connectivity index (χ3v) is 3.76. The highest BCUT2D eigenvalue weighted by molar-refractivity contribution is 7.61. The summed E-state index contributed by atoms with van der Waals surface area (Å²) in [6.07, 6.45) is 0. The maximum atomic E-state index is 12.1. The lowest BCUT2D eigenvalue weighted by Gasteiger charge is -2.13. The summed E-state index contributed by atoms with van der Waals surface area (Å²) in [4.78, 5) is 20.0. The van der Waals surface area contributed by atoms with Crippen LogP contribution in [-0.4, -0.2) is 9.82 Å². The smallest absolute Gasteiger partial charge is 0.408 e. The fourth-order valence-electron chi connectivity index (χ4n) is 1.49. The second-order valence-corrected chi connectivity index (χ2v) is 5.41. The van der Waals surface area contributed by atoms with E-state index < -0.39 is 12.5 Å². The van der Waals surface area contributed by atoms with Crippen molar-refractivity contribution in [1.29, 1.82) is 0 Å². The average molecular weight is 279 g/mol. The monoisotopic (exact) mass is 279 g/mol. The van der Waals surface area contributed by atoms with Crippen molar-refractivity contribution >= 4 is 18.6 Å². The molecule has 19 heavy (non-hydrogen) atoms. The van der Waals surface area contributed by atoms with Crippen LogP contribution in [-0.2, 0) is 4.57 Å². The number of nitro groups is 1. The van der Waals surface area contributed by atoms with Crippen molar-refractivity contribution in [3.05, 3.63) is 64.7 Å². The van der Waals surface area contributed by atoms with Crippen LogP contribution in [0.1, 0.15) is 0 Å². The maximum absolute atomic E-state index is 12.1. The van der Waals surface area contributed by atoms with Gasteiger partial charge >= 0.3 is 13.3 Å². The first-order chi connectivity index (χ1) is 9.00. The van der Waals surface area contributed by atoms with Crippen LogP contribution in [0.5, 0.6) is 5.75 Å². The van der Waals surface area contributed by atoms with Gasteiger partial charge in [0.1, 0.15) is 0 Å². The molecule has 0 aliphatic heterocycles. The lowest BCUT2D eigenvalue weighted by Crippen LogP contribution is -2.09. The van der Waals surface area contributed by atoms with E-state index in [0.717, 1.165) is 0 Å². The Bertz CT molecular complexity index is 644. The van der Waals surface area contributed by atoms with Crippen molar-refractivity contribution in [2.24, 2.45) is 0 Å². The first-order valence-electron chi connectivity index (χ1n) is 5.32. The quantitative estimate of drug-likeness (QED) is 0.527. The molecule has 7 heteroatoms. The van der Waals surface area contributed by atoms with E-state index in [2.05, 4.69) is 0 Å². The summed E-state index contributed by atoms with van der Waals surface area (Å²) in [6.45, 7) is 0. The number of nitro benzene ring substituents is 1. The van der Waals surface area contributed by atoms with Gasteiger partial charge in [-0.2, -0.15) is 0 Å². The highest BCUT2D eigenvalue weighted by atomic mass is 31.2. The maximum Gasteiger partial charge on any atom is 0.408 e. The SMILES string of the molecule is O=[N+]([O-])c1ccccc1OP(=O)(O)c1ccccc1. The number of para-hydroxylation sites is 2. The minimum atomic E-state index is -4.14. The Morgan fingerprint density at radius 1 is 1.05 bits per heavy atom. The van der Waals surface area contributed by atoms with Crippen LogP contribution >= 0.6 is 7.60 Å². The zero-order chi connectivity index (χ0) is 13.9. The van der Waals surface area contributed by atoms with E-state index in [9.17, 15) is 19.6 Å². The van der Waals surface area contributed by atoms with E-state index in [1.54, 1.807) is 18.2 Å². The number of hydrogen-bond donors (Lipinski definition) is 1. The van der Waals surface area contributed by atoms with E-state index in [-0.39, 0.29) is 16.7 Å². The van der Waals surface area contributed by atoms with Gasteiger partial charge < -0.3 is 9.42 Å². The molecule has 1 N–H and O–H groups in total. The third kappa shape index (κ3) is 2.99. The Hall–Kier alpha value is -2.17. The Balaban J connectivity index is 2.36. The van der Waals surface area contributed by atoms with E-state index in [1.165, 1.54) is 36.4 Å². The molecule has 98 valence electrons. The van der Waals surface area contributed by atoms with Gasteiger partial charge in [-0.3, -0.25) is 10.1 Å². The fourth-order valence-corrected chi connectivity index (χ4v) is 2.56. The van der Waals surface area contributed by atoms with Gasteiger partial charge in [0.15, 0.2) is 0 Å². The Kier molecular flexibility index (Phi) is 3.64. The molecular formula is C12H10NO5P. The number of benzene rings is 2. The summed E-state index contributed by atoms with van der Waals surface area (Å²) < 4.78 is 17.0. The zero-order valence-corrected chi connectivity index (χ0v) is 10.6. The van der Waals surface area contributed by atoms with Crippen LogP contribution in [0.4, 0.5) is 5.69 Å². The normalized spacial score (nSPS) is 13.5. The Morgan fingerprint density at radius 2 is 1.63 bits per heavy atom. The molecule has 1 atom stereocenters. The van der Waals surface area contributed by atoms with Crippen LogP contribution in [0.2, 0.25) is 0 Å². The van der Waals surface area contributed by atoms with Gasteiger partial charge in [-0.1, -0.05) is 30.3 Å². The molecule has 0 heterocycles. The molecule has 0 spiro atoms. The van der Waals surface area contributed by atoms with Crippen LogP contribution in [0.15, 0.2) is 54.6 Å². The first-order valence-corrected chi connectivity index (χ1v) is 6.90. The molecule has 6 nitrogen and oxygen atoms in total. The number of nitrogens with zero attached hydrogens (tertiary/aromatic N) is 1. The largest absolute Gasteiger partial charge is 0.414 e. The second-order valence-electron chi connectivity index (χ2n) is 3.67. The minimum Gasteiger partial charge on any atom is -0.414 e. The molecule has 0 aliphatic rings. The van der Waals surface area contributed by atoms with Gasteiger partial charge in [-0.25, -0.2) is 4.57 Å². The van der Waals surface area contributed by atoms with Gasteiger partial charge in [0.25, 0.3) is 0 Å². The molecule has 0 aliphatic carbocycles. The predicted octanol–water partition coefficient (Wildman–Crippen LogP) is 2.48. The highest BCUT2D eigenvalue weighted by Crippen LogP contribution is 2.44. The van der Waals surface area contributed by atoms with E-state index in [1.807, 2.05) is 0 Å².